The quantitative estimate of drug-likeness (QED) is 0.751. The summed E-state index contributed by atoms with van der Waals surface area (Å²) in [6.45, 7) is 2.22. The number of methoxy groups -OCH3 is 1. The highest BCUT2D eigenvalue weighted by molar-refractivity contribution is 5.99. The minimum Gasteiger partial charge on any atom is -0.394 e. The van der Waals surface area contributed by atoms with Gasteiger partial charge >= 0.3 is 0 Å². The Kier molecular flexibility index (Phi) is 6.02. The number of carbonyl (C=O) groups excluding carboxylic acids is 1. The van der Waals surface area contributed by atoms with Crippen molar-refractivity contribution < 1.29 is 14.6 Å². The van der Waals surface area contributed by atoms with Gasteiger partial charge in [-0.15, -0.1) is 0 Å². The van der Waals surface area contributed by atoms with Crippen LogP contribution in [-0.4, -0.2) is 55.4 Å². The molecule has 1 aliphatic heterocycles. The van der Waals surface area contributed by atoms with Crippen LogP contribution in [0.2, 0.25) is 0 Å². The minimum absolute atomic E-state index is 0.00129. The normalized spacial score (nSPS) is 18.0. The number of benzene rings is 1. The highest BCUT2D eigenvalue weighted by Gasteiger charge is 2.29. The van der Waals surface area contributed by atoms with Gasteiger partial charge in [-0.25, -0.2) is 0 Å². The lowest BCUT2D eigenvalue weighted by atomic mass is 10.1. The van der Waals surface area contributed by atoms with Crippen molar-refractivity contribution in [2.75, 3.05) is 38.7 Å². The van der Waals surface area contributed by atoms with Gasteiger partial charge in [0.15, 0.2) is 0 Å². The first-order valence-corrected chi connectivity index (χ1v) is 7.51. The highest BCUT2D eigenvalue weighted by Crippen LogP contribution is 2.23. The van der Waals surface area contributed by atoms with Crippen LogP contribution in [0.5, 0.6) is 0 Å². The zero-order chi connectivity index (χ0) is 15.1. The molecule has 0 bridgehead atoms. The second-order valence-corrected chi connectivity index (χ2v) is 5.30. The number of carbonyl (C=O) groups is 1. The van der Waals surface area contributed by atoms with E-state index in [1.54, 1.807) is 12.0 Å². The molecule has 2 rings (SSSR count). The summed E-state index contributed by atoms with van der Waals surface area (Å²) in [7, 11) is 1.68. The molecule has 0 aliphatic carbocycles. The first kappa shape index (κ1) is 15.8. The van der Waals surface area contributed by atoms with E-state index < -0.39 is 0 Å². The molecule has 21 heavy (non-hydrogen) atoms. The van der Waals surface area contributed by atoms with Gasteiger partial charge in [0.1, 0.15) is 0 Å². The Morgan fingerprint density at radius 1 is 1.48 bits per heavy atom. The number of amides is 1. The van der Waals surface area contributed by atoms with Crippen molar-refractivity contribution in [3.63, 3.8) is 0 Å². The van der Waals surface area contributed by atoms with Gasteiger partial charge in [-0.05, 0) is 31.4 Å². The highest BCUT2D eigenvalue weighted by atomic mass is 16.5. The third-order valence-corrected chi connectivity index (χ3v) is 3.85. The predicted molar refractivity (Wildman–Crippen MR) is 82.6 cm³/mol. The van der Waals surface area contributed by atoms with Crippen molar-refractivity contribution in [2.45, 2.75) is 25.3 Å². The fourth-order valence-corrected chi connectivity index (χ4v) is 2.71. The van der Waals surface area contributed by atoms with E-state index in [-0.39, 0.29) is 18.6 Å². The molecule has 0 saturated carbocycles. The van der Waals surface area contributed by atoms with Crippen LogP contribution in [0.3, 0.4) is 0 Å². The number of hydrogen-bond acceptors (Lipinski definition) is 4. The van der Waals surface area contributed by atoms with Crippen molar-refractivity contribution >= 4 is 11.6 Å². The zero-order valence-corrected chi connectivity index (χ0v) is 12.5. The lowest BCUT2D eigenvalue weighted by Crippen LogP contribution is -2.37. The Labute approximate surface area is 125 Å². The Balaban J connectivity index is 2.06. The number of rotatable bonds is 7. The summed E-state index contributed by atoms with van der Waals surface area (Å²) in [5.74, 6) is 0.00129. The van der Waals surface area contributed by atoms with E-state index in [1.165, 1.54) is 0 Å². The fourth-order valence-electron chi connectivity index (χ4n) is 2.71. The molecule has 5 nitrogen and oxygen atoms in total. The molecule has 1 heterocycles. The summed E-state index contributed by atoms with van der Waals surface area (Å²) < 4.78 is 5.02. The number of nitrogens with zero attached hydrogens (tertiary/aromatic N) is 1. The summed E-state index contributed by atoms with van der Waals surface area (Å²) in [5, 5.41) is 12.7. The topological polar surface area (TPSA) is 61.8 Å². The summed E-state index contributed by atoms with van der Waals surface area (Å²) in [4.78, 5) is 14.5. The number of aliphatic hydroxyl groups excluding tert-OH is 1. The molecule has 1 aromatic carbocycles. The van der Waals surface area contributed by atoms with E-state index in [1.807, 2.05) is 24.3 Å². The Hall–Kier alpha value is -1.59. The van der Waals surface area contributed by atoms with E-state index in [0.29, 0.717) is 12.2 Å². The molecule has 1 saturated heterocycles. The number of para-hydroxylation sites is 1. The monoisotopic (exact) mass is 292 g/mol. The van der Waals surface area contributed by atoms with Gasteiger partial charge in [-0.3, -0.25) is 4.79 Å². The average molecular weight is 292 g/mol. The van der Waals surface area contributed by atoms with E-state index in [2.05, 4.69) is 5.32 Å². The summed E-state index contributed by atoms with van der Waals surface area (Å²) in [6.07, 6.45) is 2.73. The van der Waals surface area contributed by atoms with Gasteiger partial charge in [0.25, 0.3) is 5.91 Å². The summed E-state index contributed by atoms with van der Waals surface area (Å²) >= 11 is 0. The van der Waals surface area contributed by atoms with Crippen molar-refractivity contribution in [1.82, 2.24) is 4.90 Å². The second kappa shape index (κ2) is 8.00. The third kappa shape index (κ3) is 3.95. The van der Waals surface area contributed by atoms with E-state index in [0.717, 1.165) is 38.0 Å². The lowest BCUT2D eigenvalue weighted by molar-refractivity contribution is 0.0678. The molecule has 0 aromatic heterocycles. The molecule has 1 unspecified atom stereocenters. The van der Waals surface area contributed by atoms with Crippen molar-refractivity contribution in [3.05, 3.63) is 29.8 Å². The molecule has 1 fully saturated rings. The maximum Gasteiger partial charge on any atom is 0.256 e. The van der Waals surface area contributed by atoms with E-state index in [4.69, 9.17) is 4.74 Å². The molecule has 5 heteroatoms. The van der Waals surface area contributed by atoms with Crippen LogP contribution >= 0.6 is 0 Å². The van der Waals surface area contributed by atoms with Gasteiger partial charge in [0, 0.05) is 32.5 Å². The van der Waals surface area contributed by atoms with Crippen LogP contribution in [0.4, 0.5) is 5.69 Å². The van der Waals surface area contributed by atoms with E-state index in [9.17, 15) is 9.90 Å². The number of nitrogens with one attached hydrogen (secondary N) is 1. The molecule has 0 radical (unpaired) electrons. The molecule has 1 aliphatic rings. The van der Waals surface area contributed by atoms with Crippen molar-refractivity contribution in [2.24, 2.45) is 0 Å². The molecule has 2 N–H and O–H groups in total. The molecular formula is C16H24N2O3. The number of anilines is 1. The standard InChI is InChI=1S/C16H24N2O3/c1-21-11-5-9-17-15-8-3-2-7-14(15)16(20)18-10-4-6-13(18)12-19/h2-3,7-8,13,17,19H,4-6,9-12H2,1H3. The largest absolute Gasteiger partial charge is 0.394 e. The van der Waals surface area contributed by atoms with Gasteiger partial charge < -0.3 is 20.1 Å². The molecule has 1 aromatic rings. The zero-order valence-electron chi connectivity index (χ0n) is 12.5. The SMILES string of the molecule is COCCCNc1ccccc1C(=O)N1CCCC1CO. The van der Waals surface area contributed by atoms with Crippen molar-refractivity contribution in [1.29, 1.82) is 0 Å². The molecule has 1 atom stereocenters. The number of ether oxygens (including phenoxy) is 1. The number of likely N-dealkylation sites (tertiary alicyclic amines) is 1. The smallest absolute Gasteiger partial charge is 0.256 e. The maximum atomic E-state index is 12.7. The van der Waals surface area contributed by atoms with Crippen LogP contribution in [0.15, 0.2) is 24.3 Å². The molecular weight excluding hydrogens is 268 g/mol. The molecule has 1 amide bonds. The van der Waals surface area contributed by atoms with Crippen LogP contribution < -0.4 is 5.32 Å². The van der Waals surface area contributed by atoms with Crippen LogP contribution in [0.1, 0.15) is 29.6 Å². The van der Waals surface area contributed by atoms with Crippen LogP contribution in [0.25, 0.3) is 0 Å². The number of aliphatic hydroxyl groups is 1. The third-order valence-electron chi connectivity index (χ3n) is 3.85. The lowest BCUT2D eigenvalue weighted by Gasteiger charge is -2.24. The first-order valence-electron chi connectivity index (χ1n) is 7.51. The van der Waals surface area contributed by atoms with Crippen LogP contribution in [-0.2, 0) is 4.74 Å². The Bertz CT molecular complexity index is 465. The van der Waals surface area contributed by atoms with Gasteiger partial charge in [0.05, 0.1) is 18.2 Å². The van der Waals surface area contributed by atoms with Crippen LogP contribution in [0, 0.1) is 0 Å². The average Bonchev–Trinajstić information content (AvgIpc) is 3.00. The van der Waals surface area contributed by atoms with Crippen molar-refractivity contribution in [3.8, 4) is 0 Å². The maximum absolute atomic E-state index is 12.7. The molecule has 116 valence electrons. The fraction of sp³-hybridized carbons (Fsp3) is 0.562. The van der Waals surface area contributed by atoms with Gasteiger partial charge in [-0.2, -0.15) is 0 Å². The summed E-state index contributed by atoms with van der Waals surface area (Å²) in [6, 6.07) is 7.51. The Morgan fingerprint density at radius 3 is 3.05 bits per heavy atom. The molecule has 0 spiro atoms. The predicted octanol–water partition coefficient (Wildman–Crippen LogP) is 1.73. The minimum atomic E-state index is -0.0425. The van der Waals surface area contributed by atoms with E-state index >= 15 is 0 Å². The second-order valence-electron chi connectivity index (χ2n) is 5.30. The van der Waals surface area contributed by atoms with Gasteiger partial charge in [-0.1, -0.05) is 12.1 Å². The first-order chi connectivity index (χ1) is 10.3. The van der Waals surface area contributed by atoms with Gasteiger partial charge in [0.2, 0.25) is 0 Å². The summed E-state index contributed by atoms with van der Waals surface area (Å²) in [5.41, 5.74) is 1.53. The number of hydrogen-bond donors (Lipinski definition) is 2. The Morgan fingerprint density at radius 2 is 2.29 bits per heavy atom.